The Labute approximate surface area is 94.3 Å². The molecule has 1 unspecified atom stereocenters. The topological polar surface area (TPSA) is 44.5 Å². The van der Waals surface area contributed by atoms with Crippen molar-refractivity contribution < 1.29 is 13.9 Å². The van der Waals surface area contributed by atoms with Gasteiger partial charge in [0.15, 0.2) is 0 Å². The fourth-order valence-corrected chi connectivity index (χ4v) is 1.75. The van der Waals surface area contributed by atoms with Gasteiger partial charge in [0, 0.05) is 24.3 Å². The lowest BCUT2D eigenvalue weighted by Crippen LogP contribution is -2.13. The van der Waals surface area contributed by atoms with E-state index in [1.807, 2.05) is 0 Å². The molecule has 1 aromatic carbocycles. The van der Waals surface area contributed by atoms with Crippen LogP contribution in [0.25, 0.3) is 0 Å². The van der Waals surface area contributed by atoms with Crippen molar-refractivity contribution in [2.75, 3.05) is 13.2 Å². The molecule has 0 amide bonds. The number of rotatable bonds is 4. The zero-order valence-corrected chi connectivity index (χ0v) is 9.12. The molecule has 0 spiro atoms. The largest absolute Gasteiger partial charge is 0.379 e. The fraction of sp³-hybridized carbons (Fsp3) is 0.500. The SMILES string of the molecule is NCc1cccc(COC2CCOC2)c1F. The van der Waals surface area contributed by atoms with Gasteiger partial charge in [-0.3, -0.25) is 0 Å². The lowest BCUT2D eigenvalue weighted by atomic mass is 10.1. The molecule has 1 heterocycles. The van der Waals surface area contributed by atoms with Gasteiger partial charge in [-0.15, -0.1) is 0 Å². The van der Waals surface area contributed by atoms with Crippen LogP contribution in [-0.2, 0) is 22.6 Å². The summed E-state index contributed by atoms with van der Waals surface area (Å²) in [5.74, 6) is -0.246. The molecule has 1 atom stereocenters. The summed E-state index contributed by atoms with van der Waals surface area (Å²) in [6, 6.07) is 5.22. The van der Waals surface area contributed by atoms with E-state index < -0.39 is 0 Å². The average Bonchev–Trinajstić information content (AvgIpc) is 2.81. The summed E-state index contributed by atoms with van der Waals surface area (Å²) in [5.41, 5.74) is 6.53. The first-order valence-corrected chi connectivity index (χ1v) is 5.47. The minimum Gasteiger partial charge on any atom is -0.379 e. The Morgan fingerprint density at radius 1 is 1.44 bits per heavy atom. The van der Waals surface area contributed by atoms with E-state index >= 15 is 0 Å². The van der Waals surface area contributed by atoms with Gasteiger partial charge in [-0.2, -0.15) is 0 Å². The minimum absolute atomic E-state index is 0.0981. The molecule has 2 rings (SSSR count). The molecule has 88 valence electrons. The number of halogens is 1. The molecule has 1 aromatic rings. The maximum atomic E-state index is 13.8. The van der Waals surface area contributed by atoms with Gasteiger partial charge in [-0.05, 0) is 6.42 Å². The monoisotopic (exact) mass is 225 g/mol. The standard InChI is InChI=1S/C12H16FNO2/c13-12-9(6-14)2-1-3-10(12)7-16-11-4-5-15-8-11/h1-3,11H,4-8,14H2. The van der Waals surface area contributed by atoms with Crippen molar-refractivity contribution in [1.82, 2.24) is 0 Å². The molecule has 2 N–H and O–H groups in total. The van der Waals surface area contributed by atoms with E-state index in [0.717, 1.165) is 13.0 Å². The van der Waals surface area contributed by atoms with E-state index in [0.29, 0.717) is 17.7 Å². The summed E-state index contributed by atoms with van der Waals surface area (Å²) < 4.78 is 24.5. The third-order valence-corrected chi connectivity index (χ3v) is 2.74. The Kier molecular flexibility index (Phi) is 3.88. The Morgan fingerprint density at radius 2 is 2.25 bits per heavy atom. The van der Waals surface area contributed by atoms with E-state index in [2.05, 4.69) is 0 Å². The number of hydrogen-bond acceptors (Lipinski definition) is 3. The van der Waals surface area contributed by atoms with Crippen LogP contribution < -0.4 is 5.73 Å². The third kappa shape index (κ3) is 2.58. The first-order valence-electron chi connectivity index (χ1n) is 5.47. The molecule has 0 aromatic heterocycles. The van der Waals surface area contributed by atoms with Crippen LogP contribution in [0.1, 0.15) is 17.5 Å². The molecule has 0 radical (unpaired) electrons. The van der Waals surface area contributed by atoms with Crippen LogP contribution in [0.5, 0.6) is 0 Å². The second-order valence-electron chi connectivity index (χ2n) is 3.89. The second kappa shape index (κ2) is 5.39. The molecule has 16 heavy (non-hydrogen) atoms. The van der Waals surface area contributed by atoms with Gasteiger partial charge in [0.2, 0.25) is 0 Å². The maximum absolute atomic E-state index is 13.8. The van der Waals surface area contributed by atoms with Gasteiger partial charge in [0.1, 0.15) is 5.82 Å². The van der Waals surface area contributed by atoms with Crippen molar-refractivity contribution in [3.8, 4) is 0 Å². The molecule has 0 saturated carbocycles. The van der Waals surface area contributed by atoms with E-state index in [4.69, 9.17) is 15.2 Å². The summed E-state index contributed by atoms with van der Waals surface area (Å²) in [5, 5.41) is 0. The highest BCUT2D eigenvalue weighted by molar-refractivity contribution is 5.25. The number of nitrogens with two attached hydrogens (primary N) is 1. The van der Waals surface area contributed by atoms with E-state index in [1.165, 1.54) is 0 Å². The van der Waals surface area contributed by atoms with Gasteiger partial charge in [-0.1, -0.05) is 18.2 Å². The summed E-state index contributed by atoms with van der Waals surface area (Å²) >= 11 is 0. The van der Waals surface area contributed by atoms with Crippen molar-refractivity contribution in [3.63, 3.8) is 0 Å². The second-order valence-corrected chi connectivity index (χ2v) is 3.89. The van der Waals surface area contributed by atoms with Crippen LogP contribution in [0.3, 0.4) is 0 Å². The Balaban J connectivity index is 1.97. The summed E-state index contributed by atoms with van der Waals surface area (Å²) in [4.78, 5) is 0. The van der Waals surface area contributed by atoms with Crippen LogP contribution in [0.2, 0.25) is 0 Å². The zero-order chi connectivity index (χ0) is 11.4. The molecule has 0 aliphatic carbocycles. The predicted octanol–water partition coefficient (Wildman–Crippen LogP) is 1.59. The van der Waals surface area contributed by atoms with E-state index in [-0.39, 0.29) is 25.1 Å². The van der Waals surface area contributed by atoms with Crippen LogP contribution >= 0.6 is 0 Å². The Bertz CT molecular complexity index is 351. The molecule has 1 fully saturated rings. The first-order chi connectivity index (χ1) is 7.81. The van der Waals surface area contributed by atoms with E-state index in [1.54, 1.807) is 18.2 Å². The highest BCUT2D eigenvalue weighted by atomic mass is 19.1. The van der Waals surface area contributed by atoms with Crippen molar-refractivity contribution in [3.05, 3.63) is 35.1 Å². The predicted molar refractivity (Wildman–Crippen MR) is 58.3 cm³/mol. The first kappa shape index (κ1) is 11.5. The zero-order valence-electron chi connectivity index (χ0n) is 9.12. The van der Waals surface area contributed by atoms with Crippen molar-refractivity contribution in [1.29, 1.82) is 0 Å². The molecule has 3 nitrogen and oxygen atoms in total. The average molecular weight is 225 g/mol. The minimum atomic E-state index is -0.246. The van der Waals surface area contributed by atoms with Crippen molar-refractivity contribution in [2.24, 2.45) is 5.73 Å². The van der Waals surface area contributed by atoms with Gasteiger partial charge >= 0.3 is 0 Å². The van der Waals surface area contributed by atoms with Crippen LogP contribution in [0.15, 0.2) is 18.2 Å². The molecular weight excluding hydrogens is 209 g/mol. The van der Waals surface area contributed by atoms with Gasteiger partial charge < -0.3 is 15.2 Å². The van der Waals surface area contributed by atoms with Crippen LogP contribution in [0, 0.1) is 5.82 Å². The highest BCUT2D eigenvalue weighted by Gasteiger charge is 2.17. The summed E-state index contributed by atoms with van der Waals surface area (Å²) in [6.45, 7) is 1.84. The number of benzene rings is 1. The highest BCUT2D eigenvalue weighted by Crippen LogP contribution is 2.16. The van der Waals surface area contributed by atoms with Crippen molar-refractivity contribution >= 4 is 0 Å². The molecule has 1 aliphatic rings. The molecule has 0 bridgehead atoms. The Hall–Kier alpha value is -0.970. The van der Waals surface area contributed by atoms with Gasteiger partial charge in [0.05, 0.1) is 19.3 Å². The normalized spacial score (nSPS) is 20.2. The van der Waals surface area contributed by atoms with Crippen LogP contribution in [-0.4, -0.2) is 19.3 Å². The third-order valence-electron chi connectivity index (χ3n) is 2.74. The van der Waals surface area contributed by atoms with Gasteiger partial charge in [-0.25, -0.2) is 4.39 Å². The maximum Gasteiger partial charge on any atom is 0.133 e. The number of hydrogen-bond donors (Lipinski definition) is 1. The van der Waals surface area contributed by atoms with Crippen LogP contribution in [0.4, 0.5) is 4.39 Å². The molecule has 1 saturated heterocycles. The van der Waals surface area contributed by atoms with Crippen molar-refractivity contribution in [2.45, 2.75) is 25.7 Å². The van der Waals surface area contributed by atoms with Gasteiger partial charge in [0.25, 0.3) is 0 Å². The lowest BCUT2D eigenvalue weighted by molar-refractivity contribution is 0.0304. The smallest absolute Gasteiger partial charge is 0.133 e. The summed E-state index contributed by atoms with van der Waals surface area (Å²) in [7, 11) is 0. The molecule has 4 heteroatoms. The number of ether oxygens (including phenoxy) is 2. The molecule has 1 aliphatic heterocycles. The lowest BCUT2D eigenvalue weighted by Gasteiger charge is -2.11. The quantitative estimate of drug-likeness (QED) is 0.846. The Morgan fingerprint density at radius 3 is 2.94 bits per heavy atom. The summed E-state index contributed by atoms with van der Waals surface area (Å²) in [6.07, 6.45) is 0.985. The van der Waals surface area contributed by atoms with E-state index in [9.17, 15) is 4.39 Å². The molecular formula is C12H16FNO2. The fourth-order valence-electron chi connectivity index (χ4n) is 1.75.